The van der Waals surface area contributed by atoms with Crippen LogP contribution in [0.5, 0.6) is 0 Å². The van der Waals surface area contributed by atoms with Crippen molar-refractivity contribution >= 4 is 0 Å². The summed E-state index contributed by atoms with van der Waals surface area (Å²) in [5, 5.41) is 8.59. The van der Waals surface area contributed by atoms with Gasteiger partial charge in [0.25, 0.3) is 0 Å². The molecular formula is C6H9NO. The van der Waals surface area contributed by atoms with Crippen molar-refractivity contribution in [1.82, 2.24) is 4.98 Å². The summed E-state index contributed by atoms with van der Waals surface area (Å²) >= 11 is 0. The van der Waals surface area contributed by atoms with E-state index in [0.29, 0.717) is 0 Å². The van der Waals surface area contributed by atoms with Gasteiger partial charge in [-0.1, -0.05) is 0 Å². The number of aliphatic hydroxyl groups excluding tert-OH is 1. The van der Waals surface area contributed by atoms with Gasteiger partial charge >= 0.3 is 0 Å². The molecule has 0 atom stereocenters. The highest BCUT2D eigenvalue weighted by molar-refractivity contribution is 5.17. The van der Waals surface area contributed by atoms with Crippen LogP contribution in [0.1, 0.15) is 11.3 Å². The summed E-state index contributed by atoms with van der Waals surface area (Å²) < 4.78 is 0. The van der Waals surface area contributed by atoms with Crippen LogP contribution in [0.25, 0.3) is 0 Å². The van der Waals surface area contributed by atoms with Gasteiger partial charge in [-0.2, -0.15) is 0 Å². The fourth-order valence-electron chi connectivity index (χ4n) is 0.656. The van der Waals surface area contributed by atoms with Crippen molar-refractivity contribution in [3.63, 3.8) is 0 Å². The van der Waals surface area contributed by atoms with E-state index in [1.807, 2.05) is 19.2 Å². The molecule has 2 heteroatoms. The fourth-order valence-corrected chi connectivity index (χ4v) is 0.656. The van der Waals surface area contributed by atoms with Crippen molar-refractivity contribution in [2.75, 3.05) is 0 Å². The van der Waals surface area contributed by atoms with Crippen LogP contribution in [0, 0.1) is 6.92 Å². The quantitative estimate of drug-likeness (QED) is 0.553. The second-order valence-electron chi connectivity index (χ2n) is 1.79. The van der Waals surface area contributed by atoms with Crippen LogP contribution in [0.15, 0.2) is 12.3 Å². The number of aromatic amines is 1. The number of nitrogens with one attached hydrogen (secondary N) is 1. The van der Waals surface area contributed by atoms with Crippen molar-refractivity contribution in [3.05, 3.63) is 23.5 Å². The minimum Gasteiger partial charge on any atom is -0.392 e. The molecule has 0 aromatic carbocycles. The van der Waals surface area contributed by atoms with Gasteiger partial charge in [-0.25, -0.2) is 0 Å². The molecule has 8 heavy (non-hydrogen) atoms. The molecule has 0 fully saturated rings. The SMILES string of the molecule is Cc1[nH]ccc1CO. The van der Waals surface area contributed by atoms with E-state index in [-0.39, 0.29) is 6.61 Å². The fraction of sp³-hybridized carbons (Fsp3) is 0.333. The standard InChI is InChI=1S/C6H9NO/c1-5-6(4-8)2-3-7-5/h2-3,7-8H,4H2,1H3. The van der Waals surface area contributed by atoms with Gasteiger partial charge in [0.15, 0.2) is 0 Å². The summed E-state index contributed by atoms with van der Waals surface area (Å²) in [4.78, 5) is 2.96. The third-order valence-electron chi connectivity index (χ3n) is 1.24. The molecule has 1 aromatic rings. The lowest BCUT2D eigenvalue weighted by molar-refractivity contribution is 0.281. The maximum absolute atomic E-state index is 8.59. The van der Waals surface area contributed by atoms with Gasteiger partial charge in [0, 0.05) is 11.9 Å². The summed E-state index contributed by atoms with van der Waals surface area (Å²) in [5.74, 6) is 0. The molecule has 0 aliphatic carbocycles. The first-order valence-electron chi connectivity index (χ1n) is 2.58. The lowest BCUT2D eigenvalue weighted by Crippen LogP contribution is -1.81. The molecule has 0 radical (unpaired) electrons. The normalized spacial score (nSPS) is 9.75. The Balaban J connectivity index is 2.92. The lowest BCUT2D eigenvalue weighted by atomic mass is 10.3. The van der Waals surface area contributed by atoms with Gasteiger partial charge in [-0.05, 0) is 18.6 Å². The first kappa shape index (κ1) is 5.38. The van der Waals surface area contributed by atoms with Crippen LogP contribution in [0.3, 0.4) is 0 Å². The molecule has 0 bridgehead atoms. The minimum atomic E-state index is 0.134. The van der Waals surface area contributed by atoms with E-state index >= 15 is 0 Å². The third-order valence-corrected chi connectivity index (χ3v) is 1.24. The Labute approximate surface area is 48.2 Å². The number of aliphatic hydroxyl groups is 1. The Kier molecular flexibility index (Phi) is 1.35. The molecule has 0 saturated heterocycles. The Morgan fingerprint density at radius 3 is 2.75 bits per heavy atom. The van der Waals surface area contributed by atoms with Crippen molar-refractivity contribution in [2.45, 2.75) is 13.5 Å². The predicted octanol–water partition coefficient (Wildman–Crippen LogP) is 0.815. The third kappa shape index (κ3) is 0.746. The number of aryl methyl sites for hydroxylation is 1. The first-order chi connectivity index (χ1) is 3.84. The van der Waals surface area contributed by atoms with Crippen LogP contribution in [-0.2, 0) is 6.61 Å². The van der Waals surface area contributed by atoms with Gasteiger partial charge in [-0.3, -0.25) is 0 Å². The van der Waals surface area contributed by atoms with Crippen LogP contribution in [0.2, 0.25) is 0 Å². The highest BCUT2D eigenvalue weighted by Crippen LogP contribution is 2.02. The monoisotopic (exact) mass is 111 g/mol. The highest BCUT2D eigenvalue weighted by atomic mass is 16.3. The Bertz CT molecular complexity index is 169. The van der Waals surface area contributed by atoms with Crippen molar-refractivity contribution in [1.29, 1.82) is 0 Å². The van der Waals surface area contributed by atoms with E-state index in [0.717, 1.165) is 11.3 Å². The van der Waals surface area contributed by atoms with Gasteiger partial charge in [0.2, 0.25) is 0 Å². The van der Waals surface area contributed by atoms with E-state index in [4.69, 9.17) is 5.11 Å². The summed E-state index contributed by atoms with van der Waals surface area (Å²) in [6.07, 6.45) is 1.82. The van der Waals surface area contributed by atoms with Gasteiger partial charge < -0.3 is 10.1 Å². The predicted molar refractivity (Wildman–Crippen MR) is 31.5 cm³/mol. The second kappa shape index (κ2) is 2.01. The molecule has 2 nitrogen and oxygen atoms in total. The van der Waals surface area contributed by atoms with Gasteiger partial charge in [0.05, 0.1) is 6.61 Å². The zero-order chi connectivity index (χ0) is 5.98. The van der Waals surface area contributed by atoms with Crippen molar-refractivity contribution in [3.8, 4) is 0 Å². The second-order valence-corrected chi connectivity index (χ2v) is 1.79. The molecular weight excluding hydrogens is 102 g/mol. The average molecular weight is 111 g/mol. The summed E-state index contributed by atoms with van der Waals surface area (Å²) in [5.41, 5.74) is 2.03. The van der Waals surface area contributed by atoms with E-state index in [1.54, 1.807) is 0 Å². The number of rotatable bonds is 1. The summed E-state index contributed by atoms with van der Waals surface area (Å²) in [6, 6.07) is 1.87. The Morgan fingerprint density at radius 1 is 1.75 bits per heavy atom. The molecule has 0 unspecified atom stereocenters. The molecule has 1 aromatic heterocycles. The zero-order valence-electron chi connectivity index (χ0n) is 4.81. The van der Waals surface area contributed by atoms with Crippen LogP contribution in [-0.4, -0.2) is 10.1 Å². The Hall–Kier alpha value is -0.760. The van der Waals surface area contributed by atoms with E-state index < -0.39 is 0 Å². The molecule has 0 aliphatic rings. The molecule has 2 N–H and O–H groups in total. The molecule has 0 aliphatic heterocycles. The topological polar surface area (TPSA) is 36.0 Å². The highest BCUT2D eigenvalue weighted by Gasteiger charge is 1.92. The number of H-pyrrole nitrogens is 1. The summed E-state index contributed by atoms with van der Waals surface area (Å²) in [6.45, 7) is 2.07. The van der Waals surface area contributed by atoms with Crippen LogP contribution < -0.4 is 0 Å². The van der Waals surface area contributed by atoms with E-state index in [2.05, 4.69) is 4.98 Å². The first-order valence-corrected chi connectivity index (χ1v) is 2.58. The van der Waals surface area contributed by atoms with Crippen molar-refractivity contribution < 1.29 is 5.11 Å². The molecule has 1 rings (SSSR count). The average Bonchev–Trinajstić information content (AvgIpc) is 2.14. The van der Waals surface area contributed by atoms with Crippen molar-refractivity contribution in [2.24, 2.45) is 0 Å². The molecule has 1 heterocycles. The molecule has 0 spiro atoms. The van der Waals surface area contributed by atoms with Gasteiger partial charge in [0.1, 0.15) is 0 Å². The molecule has 0 saturated carbocycles. The summed E-state index contributed by atoms with van der Waals surface area (Å²) in [7, 11) is 0. The smallest absolute Gasteiger partial charge is 0.0699 e. The molecule has 0 amide bonds. The van der Waals surface area contributed by atoms with E-state index in [1.165, 1.54) is 0 Å². The largest absolute Gasteiger partial charge is 0.392 e. The molecule has 44 valence electrons. The number of hydrogen-bond acceptors (Lipinski definition) is 1. The zero-order valence-corrected chi connectivity index (χ0v) is 4.81. The minimum absolute atomic E-state index is 0.134. The van der Waals surface area contributed by atoms with Crippen LogP contribution >= 0.6 is 0 Å². The number of hydrogen-bond donors (Lipinski definition) is 2. The maximum atomic E-state index is 8.59. The lowest BCUT2D eigenvalue weighted by Gasteiger charge is -1.88. The van der Waals surface area contributed by atoms with Crippen LogP contribution in [0.4, 0.5) is 0 Å². The van der Waals surface area contributed by atoms with E-state index in [9.17, 15) is 0 Å². The maximum Gasteiger partial charge on any atom is 0.0699 e. The number of aromatic nitrogens is 1. The Morgan fingerprint density at radius 2 is 2.50 bits per heavy atom. The van der Waals surface area contributed by atoms with Gasteiger partial charge in [-0.15, -0.1) is 0 Å².